The van der Waals surface area contributed by atoms with E-state index < -0.39 is 11.7 Å². The highest BCUT2D eigenvalue weighted by Crippen LogP contribution is 2.19. The number of aldehydes is 1. The van der Waals surface area contributed by atoms with Crippen molar-refractivity contribution in [3.8, 4) is 0 Å². The van der Waals surface area contributed by atoms with Crippen LogP contribution in [0.4, 0.5) is 0 Å². The van der Waals surface area contributed by atoms with Gasteiger partial charge >= 0.3 is 0 Å². The molecule has 0 bridgehead atoms. The smallest absolute Gasteiger partial charge is 0.202 e. The Morgan fingerprint density at radius 2 is 2.08 bits per heavy atom. The summed E-state index contributed by atoms with van der Waals surface area (Å²) in [5.41, 5.74) is 0.436. The summed E-state index contributed by atoms with van der Waals surface area (Å²) in [5.74, 6) is -0.155. The minimum absolute atomic E-state index is 0.155. The molecule has 24 heavy (non-hydrogen) atoms. The molecule has 2 unspecified atom stereocenters. The second-order valence-electron chi connectivity index (χ2n) is 6.10. The van der Waals surface area contributed by atoms with Gasteiger partial charge < -0.3 is 15.2 Å². The van der Waals surface area contributed by atoms with Crippen LogP contribution in [0, 0.1) is 0 Å². The van der Waals surface area contributed by atoms with E-state index in [1.807, 2.05) is 0 Å². The lowest BCUT2D eigenvalue weighted by Crippen LogP contribution is -2.37. The Morgan fingerprint density at radius 3 is 2.67 bits per heavy atom. The molecule has 130 valence electrons. The van der Waals surface area contributed by atoms with E-state index >= 15 is 0 Å². The molecule has 1 rings (SSSR count). The van der Waals surface area contributed by atoms with E-state index in [2.05, 4.69) is 4.98 Å². The number of aromatic amines is 1. The van der Waals surface area contributed by atoms with Crippen molar-refractivity contribution in [3.63, 3.8) is 0 Å². The molecule has 1 aromatic heterocycles. The van der Waals surface area contributed by atoms with Gasteiger partial charge in [-0.15, -0.1) is 0 Å². The van der Waals surface area contributed by atoms with Crippen LogP contribution in [0.3, 0.4) is 0 Å². The third kappa shape index (κ3) is 6.48. The van der Waals surface area contributed by atoms with Crippen LogP contribution in [0.5, 0.6) is 0 Å². The zero-order valence-electron chi connectivity index (χ0n) is 14.3. The number of hydrogen-bond acceptors (Lipinski definition) is 4. The molecular formula is C19H25NO4. The Bertz CT molecular complexity index is 636. The number of H-pyrrole nitrogens is 1. The van der Waals surface area contributed by atoms with E-state index in [4.69, 9.17) is 0 Å². The van der Waals surface area contributed by atoms with Crippen LogP contribution >= 0.6 is 0 Å². The van der Waals surface area contributed by atoms with E-state index in [0.29, 0.717) is 29.7 Å². The van der Waals surface area contributed by atoms with Gasteiger partial charge in [0.25, 0.3) is 0 Å². The van der Waals surface area contributed by atoms with Crippen molar-refractivity contribution in [2.45, 2.75) is 45.3 Å². The first kappa shape index (κ1) is 19.8. The minimum Gasteiger partial charge on any atom is -0.387 e. The van der Waals surface area contributed by atoms with Gasteiger partial charge in [-0.05, 0) is 63.0 Å². The molecule has 0 aliphatic carbocycles. The third-order valence-electron chi connectivity index (χ3n) is 3.70. The van der Waals surface area contributed by atoms with Crippen molar-refractivity contribution < 1.29 is 19.8 Å². The second kappa shape index (κ2) is 9.15. The molecular weight excluding hydrogens is 306 g/mol. The van der Waals surface area contributed by atoms with E-state index in [1.165, 1.54) is 19.1 Å². The van der Waals surface area contributed by atoms with Crippen LogP contribution in [0.2, 0.25) is 0 Å². The average molecular weight is 331 g/mol. The maximum Gasteiger partial charge on any atom is 0.202 e. The van der Waals surface area contributed by atoms with Crippen molar-refractivity contribution in [1.29, 1.82) is 0 Å². The van der Waals surface area contributed by atoms with Gasteiger partial charge in [0.05, 0.1) is 11.3 Å². The predicted octanol–water partition coefficient (Wildman–Crippen LogP) is 2.74. The molecule has 0 saturated carbocycles. The Morgan fingerprint density at radius 1 is 1.38 bits per heavy atom. The van der Waals surface area contributed by atoms with Gasteiger partial charge in [-0.3, -0.25) is 9.59 Å². The fourth-order valence-corrected chi connectivity index (χ4v) is 2.05. The largest absolute Gasteiger partial charge is 0.387 e. The van der Waals surface area contributed by atoms with Gasteiger partial charge in [0.2, 0.25) is 5.78 Å². The zero-order chi connectivity index (χ0) is 18.2. The lowest BCUT2D eigenvalue weighted by molar-refractivity contribution is -0.104. The summed E-state index contributed by atoms with van der Waals surface area (Å²) in [4.78, 5) is 25.3. The zero-order valence-corrected chi connectivity index (χ0v) is 14.3. The number of ketones is 1. The third-order valence-corrected chi connectivity index (χ3v) is 3.70. The van der Waals surface area contributed by atoms with Gasteiger partial charge in [-0.2, -0.15) is 0 Å². The van der Waals surface area contributed by atoms with Crippen molar-refractivity contribution in [2.24, 2.45) is 0 Å². The van der Waals surface area contributed by atoms with Gasteiger partial charge in [0, 0.05) is 6.20 Å². The van der Waals surface area contributed by atoms with Crippen LogP contribution in [0.15, 0.2) is 53.8 Å². The molecule has 3 N–H and O–H groups in total. The maximum absolute atomic E-state index is 11.9. The van der Waals surface area contributed by atoms with E-state index in [0.717, 1.165) is 6.29 Å². The molecule has 0 radical (unpaired) electrons. The van der Waals surface area contributed by atoms with E-state index in [1.54, 1.807) is 44.3 Å². The topological polar surface area (TPSA) is 90.4 Å². The SMILES string of the molecule is CC(C=O)=CCCC(C)(O)C(O)C=CC(C)=CC(=O)c1ccc[nH]1. The molecule has 2 atom stereocenters. The highest BCUT2D eigenvalue weighted by Gasteiger charge is 2.27. The molecule has 5 heteroatoms. The molecule has 0 spiro atoms. The number of aliphatic hydroxyl groups excluding tert-OH is 1. The highest BCUT2D eigenvalue weighted by molar-refractivity contribution is 6.03. The molecule has 1 heterocycles. The normalized spacial score (nSPS) is 16.9. The second-order valence-corrected chi connectivity index (χ2v) is 6.10. The van der Waals surface area contributed by atoms with Crippen LogP contribution in [-0.2, 0) is 4.79 Å². The fourth-order valence-electron chi connectivity index (χ4n) is 2.05. The molecule has 0 aliphatic heterocycles. The molecule has 0 fully saturated rings. The summed E-state index contributed by atoms with van der Waals surface area (Å²) in [6.07, 6.45) is 8.39. The van der Waals surface area contributed by atoms with Crippen molar-refractivity contribution in [3.05, 3.63) is 59.5 Å². The summed E-state index contributed by atoms with van der Waals surface area (Å²) in [5, 5.41) is 20.4. The number of hydrogen-bond donors (Lipinski definition) is 3. The fraction of sp³-hybridized carbons (Fsp3) is 0.368. The average Bonchev–Trinajstić information content (AvgIpc) is 3.06. The molecule has 0 amide bonds. The molecule has 5 nitrogen and oxygen atoms in total. The summed E-state index contributed by atoms with van der Waals surface area (Å²) in [6.45, 7) is 4.97. The number of carbonyl (C=O) groups excluding carboxylic acids is 2. The number of carbonyl (C=O) groups is 2. The van der Waals surface area contributed by atoms with Crippen LogP contribution in [0.25, 0.3) is 0 Å². The molecule has 0 aliphatic rings. The minimum atomic E-state index is -1.32. The predicted molar refractivity (Wildman–Crippen MR) is 93.7 cm³/mol. The molecule has 0 saturated heterocycles. The van der Waals surface area contributed by atoms with Gasteiger partial charge in [-0.1, -0.05) is 18.2 Å². The lowest BCUT2D eigenvalue weighted by atomic mass is 9.92. The Kier molecular flexibility index (Phi) is 7.55. The number of rotatable bonds is 9. The lowest BCUT2D eigenvalue weighted by Gasteiger charge is -2.26. The molecule has 0 aromatic carbocycles. The first-order chi connectivity index (χ1) is 11.3. The summed E-state index contributed by atoms with van der Waals surface area (Å²) >= 11 is 0. The van der Waals surface area contributed by atoms with Crippen molar-refractivity contribution >= 4 is 12.1 Å². The van der Waals surface area contributed by atoms with E-state index in [9.17, 15) is 19.8 Å². The maximum atomic E-state index is 11.9. The number of aromatic nitrogens is 1. The first-order valence-electron chi connectivity index (χ1n) is 7.83. The summed E-state index contributed by atoms with van der Waals surface area (Å²) in [6, 6.07) is 3.43. The van der Waals surface area contributed by atoms with Crippen molar-refractivity contribution in [1.82, 2.24) is 4.98 Å². The Balaban J connectivity index is 2.63. The first-order valence-corrected chi connectivity index (χ1v) is 7.83. The van der Waals surface area contributed by atoms with Gasteiger partial charge in [0.15, 0.2) is 0 Å². The van der Waals surface area contributed by atoms with Gasteiger partial charge in [-0.25, -0.2) is 0 Å². The van der Waals surface area contributed by atoms with Crippen LogP contribution in [-0.4, -0.2) is 39.0 Å². The van der Waals surface area contributed by atoms with E-state index in [-0.39, 0.29) is 5.78 Å². The van der Waals surface area contributed by atoms with Crippen LogP contribution < -0.4 is 0 Å². The Hall–Kier alpha value is -2.24. The van der Waals surface area contributed by atoms with Gasteiger partial charge in [0.1, 0.15) is 12.4 Å². The number of aliphatic hydroxyl groups is 2. The summed E-state index contributed by atoms with van der Waals surface area (Å²) in [7, 11) is 0. The highest BCUT2D eigenvalue weighted by atomic mass is 16.3. The van der Waals surface area contributed by atoms with Crippen LogP contribution in [0.1, 0.15) is 44.1 Å². The quantitative estimate of drug-likeness (QED) is 0.281. The number of allylic oxidation sites excluding steroid dienone is 5. The molecule has 1 aromatic rings. The standard InChI is InChI=1S/C19H25NO4/c1-14(12-17(22)16-7-5-11-20-16)8-9-18(23)19(3,24)10-4-6-15(2)13-21/h5-9,11-13,18,20,23-24H,4,10H2,1-3H3. The Labute approximate surface area is 142 Å². The number of nitrogens with one attached hydrogen (secondary N) is 1. The van der Waals surface area contributed by atoms with Crippen molar-refractivity contribution in [2.75, 3.05) is 0 Å². The monoisotopic (exact) mass is 331 g/mol. The summed E-state index contributed by atoms with van der Waals surface area (Å²) < 4.78 is 0.